The van der Waals surface area contributed by atoms with Crippen molar-refractivity contribution < 1.29 is 14.3 Å². The number of carbonyl (C=O) groups excluding carboxylic acids is 1. The third-order valence-electron chi connectivity index (χ3n) is 3.89. The Morgan fingerprint density at radius 1 is 0.926 bits per heavy atom. The van der Waals surface area contributed by atoms with E-state index in [0.29, 0.717) is 11.4 Å². The van der Waals surface area contributed by atoms with Crippen LogP contribution < -0.4 is 20.1 Å². The highest BCUT2D eigenvalue weighted by atomic mass is 33.1. The molecule has 2 N–H and O–H groups in total. The number of rotatable bonds is 8. The highest BCUT2D eigenvalue weighted by molar-refractivity contribution is 8.76. The zero-order valence-electron chi connectivity index (χ0n) is 16.6. The van der Waals surface area contributed by atoms with Crippen LogP contribution in [-0.4, -0.2) is 26.7 Å². The van der Waals surface area contributed by atoms with E-state index >= 15 is 0 Å². The number of ether oxygens (including phenoxy) is 2. The second kappa shape index (κ2) is 9.80. The van der Waals surface area contributed by atoms with Crippen LogP contribution in [-0.2, 0) is 4.79 Å². The Morgan fingerprint density at radius 3 is 1.85 bits per heavy atom. The van der Waals surface area contributed by atoms with E-state index < -0.39 is 0 Å². The summed E-state index contributed by atoms with van der Waals surface area (Å²) in [5.74, 6) is 1.38. The number of nitrogens with one attached hydrogen (secondary N) is 2. The quantitative estimate of drug-likeness (QED) is 0.564. The highest BCUT2D eigenvalue weighted by Gasteiger charge is 2.13. The van der Waals surface area contributed by atoms with E-state index in [2.05, 4.69) is 30.5 Å². The first-order valence-corrected chi connectivity index (χ1v) is 10.8. The lowest BCUT2D eigenvalue weighted by Gasteiger charge is -2.15. The fourth-order valence-electron chi connectivity index (χ4n) is 2.55. The monoisotopic (exact) mass is 406 g/mol. The molecule has 0 spiro atoms. The summed E-state index contributed by atoms with van der Waals surface area (Å²) in [6, 6.07) is 8.06. The topological polar surface area (TPSA) is 59.6 Å². The lowest BCUT2D eigenvalue weighted by atomic mass is 10.2. The van der Waals surface area contributed by atoms with Gasteiger partial charge in [0, 0.05) is 23.3 Å². The van der Waals surface area contributed by atoms with Crippen LogP contribution in [0.1, 0.15) is 25.0 Å². The van der Waals surface area contributed by atoms with Gasteiger partial charge in [0.25, 0.3) is 0 Å². The van der Waals surface area contributed by atoms with E-state index in [9.17, 15) is 4.79 Å². The molecule has 2 rings (SSSR count). The first-order chi connectivity index (χ1) is 12.9. The Kier molecular flexibility index (Phi) is 7.74. The van der Waals surface area contributed by atoms with Crippen molar-refractivity contribution in [1.29, 1.82) is 0 Å². The van der Waals surface area contributed by atoms with Crippen LogP contribution >= 0.6 is 21.6 Å². The summed E-state index contributed by atoms with van der Waals surface area (Å²) >= 11 is 0. The lowest BCUT2D eigenvalue weighted by Crippen LogP contribution is -2.07. The Bertz CT molecular complexity index is 825. The summed E-state index contributed by atoms with van der Waals surface area (Å²) in [6.07, 6.45) is 0. The van der Waals surface area contributed by atoms with E-state index in [-0.39, 0.29) is 5.91 Å². The van der Waals surface area contributed by atoms with Gasteiger partial charge in [0.2, 0.25) is 5.91 Å². The first kappa shape index (κ1) is 21.3. The molecule has 5 nitrogen and oxygen atoms in total. The fourth-order valence-corrected chi connectivity index (χ4v) is 5.05. The van der Waals surface area contributed by atoms with Crippen molar-refractivity contribution in [1.82, 2.24) is 0 Å². The van der Waals surface area contributed by atoms with Crippen molar-refractivity contribution in [2.24, 2.45) is 0 Å². The van der Waals surface area contributed by atoms with E-state index in [4.69, 9.17) is 9.47 Å². The van der Waals surface area contributed by atoms with Crippen LogP contribution in [0.3, 0.4) is 0 Å². The van der Waals surface area contributed by atoms with Gasteiger partial charge in [0.15, 0.2) is 0 Å². The molecule has 2 aromatic carbocycles. The summed E-state index contributed by atoms with van der Waals surface area (Å²) in [7, 11) is 6.62. The number of anilines is 2. The predicted octanol–water partition coefficient (Wildman–Crippen LogP) is 5.51. The van der Waals surface area contributed by atoms with Crippen LogP contribution in [0, 0.1) is 13.8 Å². The number of methoxy groups -OCH3 is 2. The van der Waals surface area contributed by atoms with Crippen LogP contribution in [0.2, 0.25) is 0 Å². The van der Waals surface area contributed by atoms with Gasteiger partial charge >= 0.3 is 0 Å². The summed E-state index contributed by atoms with van der Waals surface area (Å²) in [4.78, 5) is 13.7. The Balaban J connectivity index is 2.28. The molecular formula is C20H26N2O3S2. The van der Waals surface area contributed by atoms with Crippen LogP contribution in [0.5, 0.6) is 11.5 Å². The SMILES string of the molecule is CCNc1cc(SSc2cc(NC(C)=O)c(OC)cc2C)c(C)cc1OC. The summed E-state index contributed by atoms with van der Waals surface area (Å²) < 4.78 is 10.8. The molecule has 0 saturated heterocycles. The molecule has 1 amide bonds. The minimum Gasteiger partial charge on any atom is -0.495 e. The minimum atomic E-state index is -0.123. The van der Waals surface area contributed by atoms with Crippen LogP contribution in [0.15, 0.2) is 34.1 Å². The third-order valence-corrected chi connectivity index (χ3v) is 6.54. The zero-order valence-corrected chi connectivity index (χ0v) is 18.2. The van der Waals surface area contributed by atoms with Gasteiger partial charge in [-0.05, 0) is 56.2 Å². The van der Waals surface area contributed by atoms with Crippen molar-refractivity contribution in [2.45, 2.75) is 37.5 Å². The molecule has 0 heterocycles. The molecule has 0 aliphatic carbocycles. The Labute approximate surface area is 169 Å². The van der Waals surface area contributed by atoms with E-state index in [1.54, 1.807) is 35.8 Å². The molecule has 0 saturated carbocycles. The second-order valence-electron chi connectivity index (χ2n) is 6.01. The number of hydrogen-bond donors (Lipinski definition) is 2. The second-order valence-corrected chi connectivity index (χ2v) is 8.23. The smallest absolute Gasteiger partial charge is 0.221 e. The number of carbonyl (C=O) groups is 1. The van der Waals surface area contributed by atoms with Gasteiger partial charge in [-0.1, -0.05) is 21.6 Å². The molecule has 0 unspecified atom stereocenters. The fraction of sp³-hybridized carbons (Fsp3) is 0.350. The third kappa shape index (κ3) is 5.49. The molecule has 0 radical (unpaired) electrons. The van der Waals surface area contributed by atoms with Gasteiger partial charge in [0.05, 0.1) is 25.6 Å². The summed E-state index contributed by atoms with van der Waals surface area (Å²) in [5.41, 5.74) is 3.91. The maximum atomic E-state index is 11.5. The van der Waals surface area contributed by atoms with Gasteiger partial charge in [-0.3, -0.25) is 4.79 Å². The molecule has 0 fully saturated rings. The molecule has 0 aliphatic rings. The van der Waals surface area contributed by atoms with Gasteiger partial charge in [0.1, 0.15) is 11.5 Å². The number of aryl methyl sites for hydroxylation is 2. The normalized spacial score (nSPS) is 10.4. The van der Waals surface area contributed by atoms with Crippen molar-refractivity contribution in [3.05, 3.63) is 35.4 Å². The molecular weight excluding hydrogens is 380 g/mol. The van der Waals surface area contributed by atoms with Crippen LogP contribution in [0.25, 0.3) is 0 Å². The van der Waals surface area contributed by atoms with Crippen molar-refractivity contribution in [3.63, 3.8) is 0 Å². The highest BCUT2D eigenvalue weighted by Crippen LogP contribution is 2.45. The maximum Gasteiger partial charge on any atom is 0.221 e. The molecule has 0 aromatic heterocycles. The maximum absolute atomic E-state index is 11.5. The number of amides is 1. The van der Waals surface area contributed by atoms with Crippen LogP contribution in [0.4, 0.5) is 11.4 Å². The average Bonchev–Trinajstić information content (AvgIpc) is 2.63. The van der Waals surface area contributed by atoms with Gasteiger partial charge in [-0.15, -0.1) is 0 Å². The van der Waals surface area contributed by atoms with Gasteiger partial charge in [-0.25, -0.2) is 0 Å². The van der Waals surface area contributed by atoms with E-state index in [1.165, 1.54) is 6.92 Å². The number of hydrogen-bond acceptors (Lipinski definition) is 6. The molecule has 146 valence electrons. The summed E-state index contributed by atoms with van der Waals surface area (Å²) in [5, 5.41) is 6.17. The largest absolute Gasteiger partial charge is 0.495 e. The summed E-state index contributed by atoms with van der Waals surface area (Å²) in [6.45, 7) is 8.49. The van der Waals surface area contributed by atoms with E-state index in [0.717, 1.165) is 38.9 Å². The Morgan fingerprint density at radius 2 is 1.41 bits per heavy atom. The molecule has 0 bridgehead atoms. The molecule has 7 heteroatoms. The molecule has 27 heavy (non-hydrogen) atoms. The molecule has 0 atom stereocenters. The predicted molar refractivity (Wildman–Crippen MR) is 116 cm³/mol. The Hall–Kier alpha value is -1.99. The molecule has 2 aromatic rings. The zero-order chi connectivity index (χ0) is 20.0. The van der Waals surface area contributed by atoms with Crippen molar-refractivity contribution >= 4 is 38.9 Å². The van der Waals surface area contributed by atoms with Gasteiger partial charge < -0.3 is 20.1 Å². The average molecular weight is 407 g/mol. The van der Waals surface area contributed by atoms with Gasteiger partial charge in [-0.2, -0.15) is 0 Å². The first-order valence-electron chi connectivity index (χ1n) is 8.62. The number of benzene rings is 2. The lowest BCUT2D eigenvalue weighted by molar-refractivity contribution is -0.114. The molecule has 0 aliphatic heterocycles. The van der Waals surface area contributed by atoms with E-state index in [1.807, 2.05) is 25.1 Å². The van der Waals surface area contributed by atoms with Crippen molar-refractivity contribution in [3.8, 4) is 11.5 Å². The standard InChI is InChI=1S/C20H26N2O3S2/c1-7-21-15-10-19(12(2)8-17(15)24-5)26-27-20-11-16(22-14(4)23)18(25-6)9-13(20)3/h8-11,21H,7H2,1-6H3,(H,22,23). The minimum absolute atomic E-state index is 0.123. The van der Waals surface area contributed by atoms with Crippen molar-refractivity contribution in [2.75, 3.05) is 31.4 Å².